The first-order chi connectivity index (χ1) is 7.99. The molecule has 0 spiro atoms. The summed E-state index contributed by atoms with van der Waals surface area (Å²) in [6.07, 6.45) is 0. The molecule has 1 aromatic carbocycles. The number of nitrogens with zero attached hydrogens (tertiary/aromatic N) is 1. The zero-order valence-corrected chi connectivity index (χ0v) is 10.3. The number of benzene rings is 1. The first kappa shape index (κ1) is 12.0. The fraction of sp³-hybridized carbons (Fsp3) is 0.0909. The van der Waals surface area contributed by atoms with Gasteiger partial charge in [0.1, 0.15) is 11.3 Å². The summed E-state index contributed by atoms with van der Waals surface area (Å²) in [6.45, 7) is 1.37. The lowest BCUT2D eigenvalue weighted by atomic mass is 10.2. The Morgan fingerprint density at radius 1 is 1.35 bits per heavy atom. The van der Waals surface area contributed by atoms with Crippen LogP contribution in [-0.4, -0.2) is 16.0 Å². The molecule has 2 aromatic rings. The number of fused-ring (bicyclic) bond motifs is 1. The fourth-order valence-electron chi connectivity index (χ4n) is 1.45. The number of phenolic OH excluding ortho intramolecular Hbond substituents is 1. The monoisotopic (exact) mass is 270 g/mol. The minimum absolute atomic E-state index is 0.120. The van der Waals surface area contributed by atoms with Crippen LogP contribution in [0.1, 0.15) is 6.92 Å². The van der Waals surface area contributed by atoms with Gasteiger partial charge >= 0.3 is 0 Å². The molecule has 6 heteroatoms. The number of hydrogen-bond acceptors (Lipinski definition) is 3. The van der Waals surface area contributed by atoms with Crippen LogP contribution in [-0.2, 0) is 4.79 Å². The maximum Gasteiger partial charge on any atom is 0.222 e. The SMILES string of the molecule is CC(=O)Nc1ccc2c(Cl)cc(Cl)c(O)c2n1. The van der Waals surface area contributed by atoms with Gasteiger partial charge in [-0.1, -0.05) is 23.2 Å². The van der Waals surface area contributed by atoms with Crippen molar-refractivity contribution < 1.29 is 9.90 Å². The second-order valence-corrected chi connectivity index (χ2v) is 4.28. The highest BCUT2D eigenvalue weighted by molar-refractivity contribution is 6.39. The lowest BCUT2D eigenvalue weighted by Crippen LogP contribution is -2.07. The predicted molar refractivity (Wildman–Crippen MR) is 67.7 cm³/mol. The van der Waals surface area contributed by atoms with Crippen molar-refractivity contribution in [2.45, 2.75) is 6.92 Å². The molecule has 1 amide bonds. The molecule has 0 aliphatic carbocycles. The van der Waals surface area contributed by atoms with Crippen LogP contribution in [0.15, 0.2) is 18.2 Å². The molecule has 0 saturated heterocycles. The molecule has 88 valence electrons. The van der Waals surface area contributed by atoms with Gasteiger partial charge in [-0.2, -0.15) is 0 Å². The number of halogens is 2. The van der Waals surface area contributed by atoms with Crippen molar-refractivity contribution in [3.63, 3.8) is 0 Å². The van der Waals surface area contributed by atoms with Gasteiger partial charge < -0.3 is 10.4 Å². The molecule has 0 fully saturated rings. The van der Waals surface area contributed by atoms with Crippen LogP contribution >= 0.6 is 23.2 Å². The number of aromatic hydroxyl groups is 1. The number of rotatable bonds is 1. The van der Waals surface area contributed by atoms with E-state index in [1.54, 1.807) is 12.1 Å². The number of amides is 1. The summed E-state index contributed by atoms with van der Waals surface area (Å²) in [5, 5.41) is 13.4. The summed E-state index contributed by atoms with van der Waals surface area (Å²) in [5.74, 6) is -0.0682. The highest BCUT2D eigenvalue weighted by Gasteiger charge is 2.11. The smallest absolute Gasteiger partial charge is 0.222 e. The molecule has 2 rings (SSSR count). The molecule has 0 radical (unpaired) electrons. The van der Waals surface area contributed by atoms with E-state index < -0.39 is 0 Å². The van der Waals surface area contributed by atoms with Crippen molar-refractivity contribution in [2.75, 3.05) is 5.32 Å². The van der Waals surface area contributed by atoms with Gasteiger partial charge in [0.15, 0.2) is 5.75 Å². The van der Waals surface area contributed by atoms with E-state index in [1.807, 2.05) is 0 Å². The van der Waals surface area contributed by atoms with Crippen molar-refractivity contribution in [3.8, 4) is 5.75 Å². The van der Waals surface area contributed by atoms with Crippen molar-refractivity contribution >= 4 is 45.8 Å². The molecule has 0 aliphatic heterocycles. The summed E-state index contributed by atoms with van der Waals surface area (Å²) < 4.78 is 0. The van der Waals surface area contributed by atoms with E-state index in [4.69, 9.17) is 23.2 Å². The molecule has 0 aliphatic rings. The third kappa shape index (κ3) is 2.28. The van der Waals surface area contributed by atoms with E-state index in [2.05, 4.69) is 10.3 Å². The van der Waals surface area contributed by atoms with Crippen molar-refractivity contribution in [1.29, 1.82) is 0 Å². The minimum atomic E-state index is -0.246. The third-order valence-corrected chi connectivity index (χ3v) is 2.76. The van der Waals surface area contributed by atoms with Crippen LogP contribution in [0.25, 0.3) is 10.9 Å². The Balaban J connectivity index is 2.67. The summed E-state index contributed by atoms with van der Waals surface area (Å²) in [6, 6.07) is 4.70. The van der Waals surface area contributed by atoms with Gasteiger partial charge in [0, 0.05) is 12.3 Å². The molecule has 0 saturated carbocycles. The normalized spacial score (nSPS) is 10.5. The summed E-state index contributed by atoms with van der Waals surface area (Å²) in [5.41, 5.74) is 0.258. The Morgan fingerprint density at radius 3 is 2.71 bits per heavy atom. The van der Waals surface area contributed by atoms with E-state index in [9.17, 15) is 9.90 Å². The van der Waals surface area contributed by atoms with E-state index >= 15 is 0 Å². The van der Waals surface area contributed by atoms with Gasteiger partial charge in [-0.05, 0) is 18.2 Å². The lowest BCUT2D eigenvalue weighted by Gasteiger charge is -2.07. The second kappa shape index (κ2) is 4.39. The number of nitrogens with one attached hydrogen (secondary N) is 1. The number of phenols is 1. The molecule has 0 atom stereocenters. The first-order valence-corrected chi connectivity index (χ1v) is 5.50. The number of aromatic nitrogens is 1. The molecular formula is C11H8Cl2N2O2. The van der Waals surface area contributed by atoms with Crippen LogP contribution < -0.4 is 5.32 Å². The maximum absolute atomic E-state index is 10.9. The van der Waals surface area contributed by atoms with Crippen molar-refractivity contribution in [3.05, 3.63) is 28.2 Å². The number of pyridine rings is 1. The highest BCUT2D eigenvalue weighted by atomic mass is 35.5. The Morgan fingerprint density at radius 2 is 2.06 bits per heavy atom. The summed E-state index contributed by atoms with van der Waals surface area (Å²) >= 11 is 11.8. The van der Waals surface area contributed by atoms with Gasteiger partial charge in [0.25, 0.3) is 0 Å². The zero-order chi connectivity index (χ0) is 12.6. The van der Waals surface area contributed by atoms with Crippen LogP contribution in [0.5, 0.6) is 5.75 Å². The van der Waals surface area contributed by atoms with Gasteiger partial charge in [-0.25, -0.2) is 4.98 Å². The van der Waals surface area contributed by atoms with Crippen molar-refractivity contribution in [2.24, 2.45) is 0 Å². The van der Waals surface area contributed by atoms with E-state index in [-0.39, 0.29) is 22.2 Å². The Bertz CT molecular complexity index is 614. The van der Waals surface area contributed by atoms with Crippen molar-refractivity contribution in [1.82, 2.24) is 4.98 Å². The molecule has 4 nitrogen and oxygen atoms in total. The largest absolute Gasteiger partial charge is 0.504 e. The van der Waals surface area contributed by atoms with Crippen LogP contribution in [0.3, 0.4) is 0 Å². The molecule has 2 N–H and O–H groups in total. The number of hydrogen-bond donors (Lipinski definition) is 2. The van der Waals surface area contributed by atoms with E-state index in [0.717, 1.165) is 0 Å². The quantitative estimate of drug-likeness (QED) is 0.837. The number of anilines is 1. The zero-order valence-electron chi connectivity index (χ0n) is 8.79. The molecule has 0 unspecified atom stereocenters. The maximum atomic E-state index is 10.9. The first-order valence-electron chi connectivity index (χ1n) is 4.74. The Kier molecular flexibility index (Phi) is 3.09. The molecular weight excluding hydrogens is 263 g/mol. The summed E-state index contributed by atoms with van der Waals surface area (Å²) in [4.78, 5) is 15.0. The average Bonchev–Trinajstić information content (AvgIpc) is 2.25. The van der Waals surface area contributed by atoms with Crippen LogP contribution in [0, 0.1) is 0 Å². The predicted octanol–water partition coefficient (Wildman–Crippen LogP) is 3.21. The topological polar surface area (TPSA) is 62.2 Å². The summed E-state index contributed by atoms with van der Waals surface area (Å²) in [7, 11) is 0. The van der Waals surface area contributed by atoms with E-state index in [0.29, 0.717) is 16.2 Å². The van der Waals surface area contributed by atoms with Crippen LogP contribution in [0.4, 0.5) is 5.82 Å². The molecule has 0 bridgehead atoms. The second-order valence-electron chi connectivity index (χ2n) is 3.46. The van der Waals surface area contributed by atoms with Gasteiger partial charge in [0.2, 0.25) is 5.91 Å². The minimum Gasteiger partial charge on any atom is -0.504 e. The number of carbonyl (C=O) groups is 1. The molecule has 17 heavy (non-hydrogen) atoms. The standard InChI is InChI=1S/C11H8Cl2N2O2/c1-5(16)14-9-3-2-6-7(12)4-8(13)11(17)10(6)15-9/h2-4,17H,1H3,(H,14,15,16). The number of carbonyl (C=O) groups excluding carboxylic acids is 1. The third-order valence-electron chi connectivity index (χ3n) is 2.16. The van der Waals surface area contributed by atoms with Crippen LogP contribution in [0.2, 0.25) is 10.0 Å². The van der Waals surface area contributed by atoms with Gasteiger partial charge in [0.05, 0.1) is 10.0 Å². The highest BCUT2D eigenvalue weighted by Crippen LogP contribution is 2.36. The fourth-order valence-corrected chi connectivity index (χ4v) is 1.97. The molecule has 1 aromatic heterocycles. The van der Waals surface area contributed by atoms with E-state index in [1.165, 1.54) is 13.0 Å². The molecule has 1 heterocycles. The van der Waals surface area contributed by atoms with Gasteiger partial charge in [-0.15, -0.1) is 0 Å². The average molecular weight is 271 g/mol. The van der Waals surface area contributed by atoms with Gasteiger partial charge in [-0.3, -0.25) is 4.79 Å². The Hall–Kier alpha value is -1.52. The lowest BCUT2D eigenvalue weighted by molar-refractivity contribution is -0.114. The Labute approximate surface area is 107 Å².